The van der Waals surface area contributed by atoms with Crippen LogP contribution in [0.1, 0.15) is 34.3 Å². The molecule has 0 unspecified atom stereocenters. The van der Waals surface area contributed by atoms with Gasteiger partial charge in [0.1, 0.15) is 0 Å². The molecule has 0 aromatic heterocycles. The molecule has 0 aliphatic rings. The van der Waals surface area contributed by atoms with Crippen molar-refractivity contribution in [3.8, 4) is 0 Å². The van der Waals surface area contributed by atoms with Crippen LogP contribution in [-0.4, -0.2) is 17.4 Å². The first-order chi connectivity index (χ1) is 11.9. The van der Waals surface area contributed by atoms with E-state index in [4.69, 9.17) is 0 Å². The van der Waals surface area contributed by atoms with E-state index in [1.807, 2.05) is 26.0 Å². The standard InChI is InChI=1S/C19H19F2NO2S/c1-12-7-8-14(11-13(12)2)16(23)9-10-18(24)22-15-5-3-4-6-17(15)25-19(20)21/h3-8,11,19H,9-10H2,1-2H3,(H,22,24). The van der Waals surface area contributed by atoms with E-state index >= 15 is 0 Å². The molecular formula is C19H19F2NO2S. The van der Waals surface area contributed by atoms with Crippen LogP contribution in [0.25, 0.3) is 0 Å². The number of para-hydroxylation sites is 1. The van der Waals surface area contributed by atoms with E-state index in [2.05, 4.69) is 5.32 Å². The van der Waals surface area contributed by atoms with Gasteiger partial charge < -0.3 is 5.32 Å². The largest absolute Gasteiger partial charge is 0.325 e. The van der Waals surface area contributed by atoms with Crippen molar-refractivity contribution >= 4 is 29.1 Å². The van der Waals surface area contributed by atoms with Crippen LogP contribution in [-0.2, 0) is 4.79 Å². The lowest BCUT2D eigenvalue weighted by Gasteiger charge is -2.10. The number of rotatable bonds is 7. The molecule has 0 bridgehead atoms. The third kappa shape index (κ3) is 5.67. The van der Waals surface area contributed by atoms with Gasteiger partial charge in [-0.2, -0.15) is 8.78 Å². The number of carbonyl (C=O) groups is 2. The normalized spacial score (nSPS) is 10.8. The quantitative estimate of drug-likeness (QED) is 0.542. The van der Waals surface area contributed by atoms with Crippen molar-refractivity contribution in [2.45, 2.75) is 37.3 Å². The molecule has 0 aliphatic heterocycles. The summed E-state index contributed by atoms with van der Waals surface area (Å²) in [7, 11) is 0. The van der Waals surface area contributed by atoms with Gasteiger partial charge in [0.25, 0.3) is 5.76 Å². The molecule has 25 heavy (non-hydrogen) atoms. The first kappa shape index (κ1) is 19.1. The molecule has 0 fully saturated rings. The van der Waals surface area contributed by atoms with Crippen LogP contribution in [0.15, 0.2) is 47.4 Å². The molecule has 3 nitrogen and oxygen atoms in total. The Morgan fingerprint density at radius 3 is 2.44 bits per heavy atom. The van der Waals surface area contributed by atoms with E-state index in [0.29, 0.717) is 27.9 Å². The smallest absolute Gasteiger partial charge is 0.288 e. The molecule has 0 spiro atoms. The summed E-state index contributed by atoms with van der Waals surface area (Å²) >= 11 is 0.376. The number of hydrogen-bond donors (Lipinski definition) is 1. The zero-order chi connectivity index (χ0) is 18.4. The van der Waals surface area contributed by atoms with Gasteiger partial charge in [-0.25, -0.2) is 0 Å². The Hall–Kier alpha value is -2.21. The van der Waals surface area contributed by atoms with E-state index in [1.54, 1.807) is 24.3 Å². The molecule has 2 aromatic rings. The molecule has 0 aliphatic carbocycles. The van der Waals surface area contributed by atoms with Crippen LogP contribution in [0.3, 0.4) is 0 Å². The highest BCUT2D eigenvalue weighted by Crippen LogP contribution is 2.31. The lowest BCUT2D eigenvalue weighted by atomic mass is 10.0. The number of amides is 1. The summed E-state index contributed by atoms with van der Waals surface area (Å²) in [5, 5.41) is 2.60. The summed E-state index contributed by atoms with van der Waals surface area (Å²) in [5.74, 6) is -3.06. The van der Waals surface area contributed by atoms with Crippen LogP contribution in [0.2, 0.25) is 0 Å². The molecule has 2 rings (SSSR count). The number of alkyl halides is 2. The van der Waals surface area contributed by atoms with Crippen LogP contribution >= 0.6 is 11.8 Å². The minimum Gasteiger partial charge on any atom is -0.325 e. The number of halogens is 2. The predicted molar refractivity (Wildman–Crippen MR) is 96.4 cm³/mol. The van der Waals surface area contributed by atoms with Gasteiger partial charge >= 0.3 is 0 Å². The fourth-order valence-electron chi connectivity index (χ4n) is 2.27. The summed E-state index contributed by atoms with van der Waals surface area (Å²) in [4.78, 5) is 24.5. The third-order valence-electron chi connectivity index (χ3n) is 3.79. The number of nitrogens with one attached hydrogen (secondary N) is 1. The van der Waals surface area contributed by atoms with E-state index < -0.39 is 5.76 Å². The van der Waals surface area contributed by atoms with Crippen molar-refractivity contribution in [3.63, 3.8) is 0 Å². The predicted octanol–water partition coefficient (Wildman–Crippen LogP) is 5.22. The molecule has 1 amide bonds. The first-order valence-electron chi connectivity index (χ1n) is 7.81. The molecule has 0 saturated heterocycles. The molecular weight excluding hydrogens is 344 g/mol. The summed E-state index contributed by atoms with van der Waals surface area (Å²) in [6, 6.07) is 11.8. The Bertz CT molecular complexity index is 778. The number of carbonyl (C=O) groups excluding carboxylic acids is 2. The highest BCUT2D eigenvalue weighted by atomic mass is 32.2. The lowest BCUT2D eigenvalue weighted by molar-refractivity contribution is -0.116. The molecule has 6 heteroatoms. The summed E-state index contributed by atoms with van der Waals surface area (Å²) in [5.41, 5.74) is 3.02. The second-order valence-corrected chi connectivity index (χ2v) is 6.68. The molecule has 0 heterocycles. The van der Waals surface area contributed by atoms with Gasteiger partial charge in [0, 0.05) is 23.3 Å². The highest BCUT2D eigenvalue weighted by molar-refractivity contribution is 7.99. The van der Waals surface area contributed by atoms with Gasteiger partial charge in [0.15, 0.2) is 5.78 Å². The monoisotopic (exact) mass is 363 g/mol. The van der Waals surface area contributed by atoms with Crippen molar-refractivity contribution < 1.29 is 18.4 Å². The van der Waals surface area contributed by atoms with E-state index in [0.717, 1.165) is 11.1 Å². The zero-order valence-corrected chi connectivity index (χ0v) is 14.8. The summed E-state index contributed by atoms with van der Waals surface area (Å²) in [6.45, 7) is 3.89. The number of anilines is 1. The van der Waals surface area contributed by atoms with Gasteiger partial charge in [0.2, 0.25) is 5.91 Å². The van der Waals surface area contributed by atoms with Gasteiger partial charge in [-0.15, -0.1) is 0 Å². The second kappa shape index (κ2) is 8.76. The lowest BCUT2D eigenvalue weighted by Crippen LogP contribution is -2.14. The Kier molecular flexibility index (Phi) is 6.70. The fourth-order valence-corrected chi connectivity index (χ4v) is 2.86. The number of Topliss-reactive ketones (excluding diaryl/α,β-unsaturated/α-hetero) is 1. The molecule has 0 atom stereocenters. The minimum absolute atomic E-state index is 0.000559. The molecule has 0 radical (unpaired) electrons. The van der Waals surface area contributed by atoms with Crippen molar-refractivity contribution in [2.75, 3.05) is 5.32 Å². The zero-order valence-electron chi connectivity index (χ0n) is 14.0. The van der Waals surface area contributed by atoms with Crippen molar-refractivity contribution in [3.05, 3.63) is 59.2 Å². The first-order valence-corrected chi connectivity index (χ1v) is 8.69. The van der Waals surface area contributed by atoms with Crippen LogP contribution in [0, 0.1) is 13.8 Å². The molecule has 2 aromatic carbocycles. The number of ketones is 1. The van der Waals surface area contributed by atoms with E-state index in [1.165, 1.54) is 6.07 Å². The maximum atomic E-state index is 12.5. The third-order valence-corrected chi connectivity index (χ3v) is 4.57. The number of hydrogen-bond acceptors (Lipinski definition) is 3. The van der Waals surface area contributed by atoms with Gasteiger partial charge in [-0.05, 0) is 43.2 Å². The highest BCUT2D eigenvalue weighted by Gasteiger charge is 2.13. The average molecular weight is 363 g/mol. The maximum Gasteiger partial charge on any atom is 0.288 e. The summed E-state index contributed by atoms with van der Waals surface area (Å²) < 4.78 is 25.1. The van der Waals surface area contributed by atoms with Gasteiger partial charge in [-0.3, -0.25) is 9.59 Å². The average Bonchev–Trinajstić information content (AvgIpc) is 2.56. The van der Waals surface area contributed by atoms with Crippen LogP contribution in [0.5, 0.6) is 0 Å². The van der Waals surface area contributed by atoms with Gasteiger partial charge in [0.05, 0.1) is 5.69 Å². The Morgan fingerprint density at radius 2 is 1.76 bits per heavy atom. The van der Waals surface area contributed by atoms with E-state index in [-0.39, 0.29) is 24.5 Å². The molecule has 1 N–H and O–H groups in total. The van der Waals surface area contributed by atoms with Crippen LogP contribution < -0.4 is 5.32 Å². The minimum atomic E-state index is -2.57. The Morgan fingerprint density at radius 1 is 1.04 bits per heavy atom. The molecule has 132 valence electrons. The van der Waals surface area contributed by atoms with Gasteiger partial charge in [-0.1, -0.05) is 36.0 Å². The second-order valence-electron chi connectivity index (χ2n) is 5.65. The molecule has 0 saturated carbocycles. The van der Waals surface area contributed by atoms with Crippen molar-refractivity contribution in [1.82, 2.24) is 0 Å². The Labute approximate surface area is 149 Å². The van der Waals surface area contributed by atoms with E-state index in [9.17, 15) is 18.4 Å². The Balaban J connectivity index is 1.94. The summed E-state index contributed by atoms with van der Waals surface area (Å²) in [6.07, 6.45) is 0.0674. The van der Waals surface area contributed by atoms with Crippen molar-refractivity contribution in [1.29, 1.82) is 0 Å². The van der Waals surface area contributed by atoms with Crippen LogP contribution in [0.4, 0.5) is 14.5 Å². The number of benzene rings is 2. The number of aryl methyl sites for hydroxylation is 2. The maximum absolute atomic E-state index is 12.5. The van der Waals surface area contributed by atoms with Crippen molar-refractivity contribution in [2.24, 2.45) is 0 Å². The SMILES string of the molecule is Cc1ccc(C(=O)CCC(=O)Nc2ccccc2SC(F)F)cc1C. The number of thioether (sulfide) groups is 1. The fraction of sp³-hybridized carbons (Fsp3) is 0.263. The topological polar surface area (TPSA) is 46.2 Å².